The average Bonchev–Trinajstić information content (AvgIpc) is 3.20. The van der Waals surface area contributed by atoms with Gasteiger partial charge in [0.1, 0.15) is 11.5 Å². The fourth-order valence-electron chi connectivity index (χ4n) is 6.43. The van der Waals surface area contributed by atoms with Gasteiger partial charge in [0, 0.05) is 22.3 Å². The molecule has 0 bridgehead atoms. The highest BCUT2D eigenvalue weighted by Gasteiger charge is 2.18. The second-order valence-corrected chi connectivity index (χ2v) is 12.3. The summed E-state index contributed by atoms with van der Waals surface area (Å²) in [6, 6.07) is 50.0. The highest BCUT2D eigenvalue weighted by Crippen LogP contribution is 2.35. The average molecular weight is 673 g/mol. The fourth-order valence-corrected chi connectivity index (χ4v) is 6.43. The van der Waals surface area contributed by atoms with Crippen LogP contribution in [0.3, 0.4) is 0 Å². The molecule has 0 saturated carbocycles. The minimum atomic E-state index is 0.0796. The summed E-state index contributed by atoms with van der Waals surface area (Å²) in [6.07, 6.45) is 0. The van der Waals surface area contributed by atoms with E-state index in [0.717, 1.165) is 43.8 Å². The summed E-state index contributed by atoms with van der Waals surface area (Å²) in [5.41, 5.74) is 4.22. The molecule has 0 saturated heterocycles. The van der Waals surface area contributed by atoms with Crippen molar-refractivity contribution in [3.63, 3.8) is 0 Å². The lowest BCUT2D eigenvalue weighted by molar-refractivity contribution is 0.476. The van der Waals surface area contributed by atoms with E-state index >= 15 is 0 Å². The van der Waals surface area contributed by atoms with Gasteiger partial charge in [0.2, 0.25) is 0 Å². The predicted octanol–water partition coefficient (Wildman–Crippen LogP) is 9.78. The Kier molecular flexibility index (Phi) is 7.59. The van der Waals surface area contributed by atoms with Crippen LogP contribution in [-0.4, -0.2) is 40.1 Å². The zero-order valence-corrected chi connectivity index (χ0v) is 27.6. The number of aromatic nitrogens is 6. The minimum Gasteiger partial charge on any atom is -0.507 e. The van der Waals surface area contributed by atoms with Gasteiger partial charge in [-0.2, -0.15) is 0 Å². The molecular formula is C44H28N6O2. The van der Waals surface area contributed by atoms with Crippen LogP contribution in [0, 0.1) is 0 Å². The van der Waals surface area contributed by atoms with Gasteiger partial charge in [-0.15, -0.1) is 0 Å². The minimum absolute atomic E-state index is 0.0796. The Balaban J connectivity index is 1.18. The van der Waals surface area contributed by atoms with Crippen molar-refractivity contribution in [3.05, 3.63) is 158 Å². The molecule has 0 fully saturated rings. The lowest BCUT2D eigenvalue weighted by Crippen LogP contribution is -2.02. The van der Waals surface area contributed by atoms with E-state index in [9.17, 15) is 10.2 Å². The normalized spacial score (nSPS) is 11.2. The van der Waals surface area contributed by atoms with Crippen LogP contribution < -0.4 is 0 Å². The number of rotatable bonds is 6. The molecule has 0 aliphatic carbocycles. The van der Waals surface area contributed by atoms with E-state index in [1.807, 2.05) is 97.1 Å². The van der Waals surface area contributed by atoms with Gasteiger partial charge in [0.25, 0.3) is 0 Å². The molecule has 2 heterocycles. The number of para-hydroxylation sites is 2. The van der Waals surface area contributed by atoms with Crippen molar-refractivity contribution >= 4 is 21.5 Å². The Bertz CT molecular complexity index is 2580. The van der Waals surface area contributed by atoms with E-state index in [2.05, 4.69) is 24.3 Å². The van der Waals surface area contributed by atoms with Gasteiger partial charge in [-0.25, -0.2) is 29.9 Å². The van der Waals surface area contributed by atoms with Crippen molar-refractivity contribution in [2.75, 3.05) is 0 Å². The molecule has 0 spiro atoms. The number of fused-ring (bicyclic) bond motifs is 2. The summed E-state index contributed by atoms with van der Waals surface area (Å²) < 4.78 is 0. The maximum absolute atomic E-state index is 10.8. The van der Waals surface area contributed by atoms with E-state index < -0.39 is 0 Å². The molecule has 8 heteroatoms. The molecule has 2 N–H and O–H groups in total. The Morgan fingerprint density at radius 2 is 0.577 bits per heavy atom. The molecule has 9 rings (SSSR count). The summed E-state index contributed by atoms with van der Waals surface area (Å²) in [7, 11) is 0. The highest BCUT2D eigenvalue weighted by atomic mass is 16.3. The largest absolute Gasteiger partial charge is 0.507 e. The Labute approximate surface area is 298 Å². The lowest BCUT2D eigenvalue weighted by Gasteiger charge is -2.12. The summed E-state index contributed by atoms with van der Waals surface area (Å²) in [6.45, 7) is 0. The van der Waals surface area contributed by atoms with Crippen LogP contribution in [0.1, 0.15) is 0 Å². The van der Waals surface area contributed by atoms with Gasteiger partial charge in [0.15, 0.2) is 34.9 Å². The van der Waals surface area contributed by atoms with Gasteiger partial charge in [-0.05, 0) is 45.8 Å². The third kappa shape index (κ3) is 5.64. The number of benzene rings is 7. The van der Waals surface area contributed by atoms with Crippen LogP contribution in [-0.2, 0) is 0 Å². The fraction of sp³-hybridized carbons (Fsp3) is 0. The topological polar surface area (TPSA) is 118 Å². The maximum Gasteiger partial charge on any atom is 0.167 e. The van der Waals surface area contributed by atoms with Gasteiger partial charge in [-0.3, -0.25) is 0 Å². The van der Waals surface area contributed by atoms with Gasteiger partial charge >= 0.3 is 0 Å². The smallest absolute Gasteiger partial charge is 0.167 e. The predicted molar refractivity (Wildman–Crippen MR) is 204 cm³/mol. The first kappa shape index (κ1) is 30.7. The van der Waals surface area contributed by atoms with Crippen LogP contribution in [0.4, 0.5) is 0 Å². The standard InChI is InChI=1S/C44H28N6O2/c51-37-21-7-5-17-35(37)43-47-39(45-41(49-43)33-19-9-13-27-11-1-3-15-31(27)33)29-23-25-30(26-24-29)40-46-42(34-20-10-14-28-12-2-4-16-32(28)34)50-44(48-40)36-18-6-8-22-38(36)52/h1-26,51-52H. The number of hydrogen-bond donors (Lipinski definition) is 2. The number of phenols is 2. The van der Waals surface area contributed by atoms with E-state index in [4.69, 9.17) is 29.9 Å². The quantitative estimate of drug-likeness (QED) is 0.179. The molecule has 2 aromatic heterocycles. The van der Waals surface area contributed by atoms with Crippen LogP contribution in [0.25, 0.3) is 89.9 Å². The molecule has 7 aromatic carbocycles. The third-order valence-electron chi connectivity index (χ3n) is 9.02. The van der Waals surface area contributed by atoms with Crippen molar-refractivity contribution in [2.24, 2.45) is 0 Å². The zero-order chi connectivity index (χ0) is 35.0. The molecule has 0 aliphatic heterocycles. The summed E-state index contributed by atoms with van der Waals surface area (Å²) >= 11 is 0. The Morgan fingerprint density at radius 3 is 1.00 bits per heavy atom. The van der Waals surface area contributed by atoms with Crippen molar-refractivity contribution in [2.45, 2.75) is 0 Å². The molecule has 9 aromatic rings. The monoisotopic (exact) mass is 672 g/mol. The second-order valence-electron chi connectivity index (χ2n) is 12.3. The highest BCUT2D eigenvalue weighted by molar-refractivity contribution is 5.96. The van der Waals surface area contributed by atoms with Crippen LogP contribution in [0.15, 0.2) is 158 Å². The zero-order valence-electron chi connectivity index (χ0n) is 27.6. The van der Waals surface area contributed by atoms with E-state index in [1.165, 1.54) is 0 Å². The van der Waals surface area contributed by atoms with Crippen molar-refractivity contribution in [1.82, 2.24) is 29.9 Å². The SMILES string of the molecule is Oc1ccccc1-c1nc(-c2ccc(-c3nc(-c4ccccc4O)nc(-c4cccc5ccccc45)n3)cc2)nc(-c2cccc3ccccc23)n1. The molecule has 0 radical (unpaired) electrons. The first-order chi connectivity index (χ1) is 25.6. The summed E-state index contributed by atoms with van der Waals surface area (Å²) in [5, 5.41) is 25.7. The first-order valence-corrected chi connectivity index (χ1v) is 16.7. The van der Waals surface area contributed by atoms with Gasteiger partial charge in [-0.1, -0.05) is 133 Å². The van der Waals surface area contributed by atoms with Crippen LogP contribution in [0.5, 0.6) is 11.5 Å². The Hall–Kier alpha value is -7.32. The molecule has 0 aliphatic rings. The summed E-state index contributed by atoms with van der Waals surface area (Å²) in [5.74, 6) is 2.77. The molecule has 246 valence electrons. The van der Waals surface area contributed by atoms with E-state index in [1.54, 1.807) is 36.4 Å². The molecule has 8 nitrogen and oxygen atoms in total. The second kappa shape index (κ2) is 12.9. The van der Waals surface area contributed by atoms with Gasteiger partial charge in [0.05, 0.1) is 11.1 Å². The molecule has 0 unspecified atom stereocenters. The molecule has 52 heavy (non-hydrogen) atoms. The lowest BCUT2D eigenvalue weighted by atomic mass is 10.0. The van der Waals surface area contributed by atoms with E-state index in [-0.39, 0.29) is 11.5 Å². The molecule has 0 atom stereocenters. The molecule has 0 amide bonds. The number of nitrogens with zero attached hydrogens (tertiary/aromatic N) is 6. The van der Waals surface area contributed by atoms with Crippen LogP contribution >= 0.6 is 0 Å². The van der Waals surface area contributed by atoms with Crippen molar-refractivity contribution < 1.29 is 10.2 Å². The summed E-state index contributed by atoms with van der Waals surface area (Å²) in [4.78, 5) is 29.3. The third-order valence-corrected chi connectivity index (χ3v) is 9.02. The van der Waals surface area contributed by atoms with Crippen LogP contribution in [0.2, 0.25) is 0 Å². The number of phenolic OH excluding ortho intramolecular Hbond substituents is 2. The van der Waals surface area contributed by atoms with E-state index in [0.29, 0.717) is 46.1 Å². The van der Waals surface area contributed by atoms with Crippen molar-refractivity contribution in [3.8, 4) is 79.8 Å². The first-order valence-electron chi connectivity index (χ1n) is 16.7. The maximum atomic E-state index is 10.8. The van der Waals surface area contributed by atoms with Crippen molar-refractivity contribution in [1.29, 1.82) is 0 Å². The number of aromatic hydroxyl groups is 2. The number of hydrogen-bond acceptors (Lipinski definition) is 8. The molecular weight excluding hydrogens is 645 g/mol. The Morgan fingerprint density at radius 1 is 0.269 bits per heavy atom. The van der Waals surface area contributed by atoms with Gasteiger partial charge < -0.3 is 10.2 Å².